The summed E-state index contributed by atoms with van der Waals surface area (Å²) in [5.41, 5.74) is 12.7. The number of benzene rings is 7. The highest BCUT2D eigenvalue weighted by Gasteiger charge is 2.30. The van der Waals surface area contributed by atoms with Gasteiger partial charge in [0.2, 0.25) is 0 Å². The molecule has 7 aromatic rings. The van der Waals surface area contributed by atoms with Crippen LogP contribution in [-0.2, 0) is 0 Å². The van der Waals surface area contributed by atoms with E-state index in [1.165, 1.54) is 0 Å². The fourth-order valence-electron chi connectivity index (χ4n) is 9.54. The van der Waals surface area contributed by atoms with Crippen molar-refractivity contribution in [2.75, 3.05) is 0 Å². The Bertz CT molecular complexity index is 3200. The first-order valence-electron chi connectivity index (χ1n) is 23.7. The van der Waals surface area contributed by atoms with Gasteiger partial charge in [-0.25, -0.2) is 0 Å². The van der Waals surface area contributed by atoms with Gasteiger partial charge in [0.25, 0.3) is 0 Å². The Morgan fingerprint density at radius 3 is 0.500 bits per heavy atom. The van der Waals surface area contributed by atoms with E-state index in [1.54, 1.807) is 0 Å². The second kappa shape index (κ2) is 19.1. The summed E-state index contributed by atoms with van der Waals surface area (Å²) in [4.78, 5) is 0. The van der Waals surface area contributed by atoms with Gasteiger partial charge in [-0.2, -0.15) is 0 Å². The predicted octanol–water partition coefficient (Wildman–Crippen LogP) is 9.18. The van der Waals surface area contributed by atoms with Gasteiger partial charge in [-0.1, -0.05) is 177 Å². The molecule has 3 aliphatic carbocycles. The summed E-state index contributed by atoms with van der Waals surface area (Å²) in [5, 5.41) is 72.0. The van der Waals surface area contributed by atoms with Crippen LogP contribution in [0.5, 0.6) is 0 Å². The Hall–Kier alpha value is -8.34. The first kappa shape index (κ1) is 47.3. The molecule has 0 aromatic heterocycles. The molecule has 0 aliphatic heterocycles. The zero-order chi connectivity index (χ0) is 50.5. The van der Waals surface area contributed by atoms with Crippen molar-refractivity contribution >= 4 is 0 Å². The molecule has 0 radical (unpaired) electrons. The summed E-state index contributed by atoms with van der Waals surface area (Å²) in [6.07, 6.45) is -8.20. The Morgan fingerprint density at radius 2 is 0.361 bits per heavy atom. The Balaban J connectivity index is 1.45. The van der Waals surface area contributed by atoms with Crippen molar-refractivity contribution in [3.05, 3.63) is 243 Å². The van der Waals surface area contributed by atoms with Crippen LogP contribution in [0.2, 0.25) is 0 Å². The lowest BCUT2D eigenvalue weighted by Gasteiger charge is -2.23. The molecular formula is C66H48O6. The summed E-state index contributed by atoms with van der Waals surface area (Å²) in [6, 6.07) is 33.2. The van der Waals surface area contributed by atoms with E-state index in [0.717, 1.165) is 33.4 Å². The zero-order valence-corrected chi connectivity index (χ0v) is 40.5. The summed E-state index contributed by atoms with van der Waals surface area (Å²) in [5.74, 6) is 40.8. The number of hydrogen-bond donors (Lipinski definition) is 6. The van der Waals surface area contributed by atoms with Crippen LogP contribution >= 0.6 is 0 Å². The molecular weight excluding hydrogens is 889 g/mol. The first-order chi connectivity index (χ1) is 34.6. The average Bonchev–Trinajstić information content (AvgIpc) is 3.37. The van der Waals surface area contributed by atoms with E-state index >= 15 is 0 Å². The smallest absolute Gasteiger partial charge is 0.110 e. The lowest BCUT2D eigenvalue weighted by atomic mass is 9.84. The molecule has 7 aromatic carbocycles. The molecule has 0 bridgehead atoms. The molecule has 6 N–H and O–H groups in total. The summed E-state index contributed by atoms with van der Waals surface area (Å²) in [6.45, 7) is 11.5. The van der Waals surface area contributed by atoms with Gasteiger partial charge in [-0.15, -0.1) is 0 Å². The van der Waals surface area contributed by atoms with Crippen LogP contribution < -0.4 is 0 Å². The SMILES string of the molecule is Cc1ccc2c(c1)C(O)C(O)c1cc(C)ccc1C#Cc1c(c3c(c4c1C#Cc1ccc(C)cc1C(O)C(O)c1cc(C)ccc1C#C4)C#Cc1ccc(C)cc1C(O)C(O)c1cc(C)ccc1C#C3)C#C2. The summed E-state index contributed by atoms with van der Waals surface area (Å²) < 4.78 is 0. The van der Waals surface area contributed by atoms with Gasteiger partial charge in [-0.3, -0.25) is 0 Å². The maximum Gasteiger partial charge on any atom is 0.110 e. The standard InChI is InChI=1S/C66H48O6/c1-37-7-13-43-19-25-49-50(26-20-44-14-8-38(2)32-56(44)62(68)61(67)55(43)31-37)52-28-22-46-16-10-40(4)34-58(46)65(71)66(72)60-36-42(6)12-18-48(60)24-30-54(52)53-29-23-47-17-11-41(5)35-59(47)64(70)63(69)57-33-39(3)9-15-45(57)21-27-51(49)53/h7-18,31-36,61-72H,1-6H3. The van der Waals surface area contributed by atoms with E-state index in [1.807, 2.05) is 151 Å². The molecule has 0 amide bonds. The van der Waals surface area contributed by atoms with Crippen molar-refractivity contribution < 1.29 is 30.6 Å². The number of aliphatic hydroxyl groups is 6. The van der Waals surface area contributed by atoms with Crippen LogP contribution in [0.1, 0.15) is 170 Å². The van der Waals surface area contributed by atoms with Crippen LogP contribution in [0, 0.1) is 113 Å². The Labute approximate surface area is 420 Å². The van der Waals surface area contributed by atoms with E-state index in [2.05, 4.69) is 71.0 Å². The van der Waals surface area contributed by atoms with Crippen LogP contribution in [0.15, 0.2) is 109 Å². The minimum atomic E-state index is -1.37. The highest BCUT2D eigenvalue weighted by Crippen LogP contribution is 2.38. The van der Waals surface area contributed by atoms with E-state index in [9.17, 15) is 30.6 Å². The third-order valence-corrected chi connectivity index (χ3v) is 13.5. The van der Waals surface area contributed by atoms with Crippen LogP contribution in [0.3, 0.4) is 0 Å². The zero-order valence-electron chi connectivity index (χ0n) is 40.5. The molecule has 0 heterocycles. The summed E-state index contributed by atoms with van der Waals surface area (Å²) >= 11 is 0. The maximum atomic E-state index is 12.0. The van der Waals surface area contributed by atoms with Crippen LogP contribution in [-0.4, -0.2) is 30.6 Å². The Morgan fingerprint density at radius 1 is 0.222 bits per heavy atom. The number of fused-ring (bicyclic) bond motifs is 12. The van der Waals surface area contributed by atoms with Crippen molar-refractivity contribution in [1.82, 2.24) is 0 Å². The lowest BCUT2D eigenvalue weighted by Crippen LogP contribution is -2.14. The van der Waals surface area contributed by atoms with Gasteiger partial charge >= 0.3 is 0 Å². The van der Waals surface area contributed by atoms with Crippen molar-refractivity contribution in [2.45, 2.75) is 78.2 Å². The number of aliphatic hydroxyl groups excluding tert-OH is 6. The molecule has 0 fully saturated rings. The third kappa shape index (κ3) is 8.90. The minimum Gasteiger partial charge on any atom is -0.385 e. The molecule has 6 nitrogen and oxygen atoms in total. The fourth-order valence-corrected chi connectivity index (χ4v) is 9.54. The van der Waals surface area contributed by atoms with Crippen LogP contribution in [0.25, 0.3) is 0 Å². The van der Waals surface area contributed by atoms with Gasteiger partial charge in [0.15, 0.2) is 0 Å². The molecule has 348 valence electrons. The number of aryl methyl sites for hydroxylation is 6. The van der Waals surface area contributed by atoms with Crippen molar-refractivity contribution in [3.8, 4) is 71.0 Å². The van der Waals surface area contributed by atoms with E-state index in [0.29, 0.717) is 100 Å². The molecule has 10 rings (SSSR count). The van der Waals surface area contributed by atoms with Crippen molar-refractivity contribution in [3.63, 3.8) is 0 Å². The monoisotopic (exact) mass is 936 g/mol. The van der Waals surface area contributed by atoms with Crippen LogP contribution in [0.4, 0.5) is 0 Å². The average molecular weight is 937 g/mol. The lowest BCUT2D eigenvalue weighted by molar-refractivity contribution is 0.0169. The third-order valence-electron chi connectivity index (χ3n) is 13.5. The highest BCUT2D eigenvalue weighted by molar-refractivity contribution is 5.79. The van der Waals surface area contributed by atoms with Gasteiger partial charge in [0.1, 0.15) is 36.6 Å². The molecule has 0 saturated carbocycles. The molecule has 0 saturated heterocycles. The summed E-state index contributed by atoms with van der Waals surface area (Å²) in [7, 11) is 0. The second-order valence-electron chi connectivity index (χ2n) is 19.0. The fraction of sp³-hybridized carbons (Fsp3) is 0.182. The van der Waals surface area contributed by atoms with E-state index < -0.39 is 36.6 Å². The second-order valence-corrected chi connectivity index (χ2v) is 19.0. The minimum absolute atomic E-state index is 0.364. The first-order valence-corrected chi connectivity index (χ1v) is 23.7. The van der Waals surface area contributed by atoms with Gasteiger partial charge in [0, 0.05) is 33.4 Å². The topological polar surface area (TPSA) is 121 Å². The molecule has 6 unspecified atom stereocenters. The van der Waals surface area contributed by atoms with Gasteiger partial charge in [-0.05, 0) is 111 Å². The Kier molecular flexibility index (Phi) is 12.6. The molecule has 6 heteroatoms. The van der Waals surface area contributed by atoms with Crippen molar-refractivity contribution in [2.24, 2.45) is 0 Å². The molecule has 3 aliphatic rings. The van der Waals surface area contributed by atoms with E-state index in [4.69, 9.17) is 0 Å². The van der Waals surface area contributed by atoms with Gasteiger partial charge in [0.05, 0.1) is 33.4 Å². The van der Waals surface area contributed by atoms with Crippen molar-refractivity contribution in [1.29, 1.82) is 0 Å². The molecule has 72 heavy (non-hydrogen) atoms. The van der Waals surface area contributed by atoms with Gasteiger partial charge < -0.3 is 30.6 Å². The molecule has 0 spiro atoms. The number of hydrogen-bond acceptors (Lipinski definition) is 6. The quantitative estimate of drug-likeness (QED) is 0.0845. The predicted molar refractivity (Wildman–Crippen MR) is 279 cm³/mol. The van der Waals surface area contributed by atoms with E-state index in [-0.39, 0.29) is 0 Å². The maximum absolute atomic E-state index is 12.0. The molecule has 6 atom stereocenters. The highest BCUT2D eigenvalue weighted by atomic mass is 16.3. The normalized spacial score (nSPS) is 18.8. The number of rotatable bonds is 0. The largest absolute Gasteiger partial charge is 0.385 e.